The molecule has 0 unspecified atom stereocenters. The number of para-hydroxylation sites is 1. The molecule has 3 rings (SSSR count). The molecule has 1 aliphatic rings. The average Bonchev–Trinajstić information content (AvgIpc) is 2.77. The topological polar surface area (TPSA) is 58.1 Å². The van der Waals surface area contributed by atoms with Gasteiger partial charge in [-0.2, -0.15) is 8.78 Å². The fraction of sp³-hybridized carbons (Fsp3) is 0.409. The second-order valence-electron chi connectivity index (χ2n) is 6.80. The Hall–Kier alpha value is -2.14. The third-order valence-corrected chi connectivity index (χ3v) is 4.71. The molecule has 0 aliphatic carbocycles. The van der Waals surface area contributed by atoms with Crippen LogP contribution in [0, 0.1) is 0 Å². The van der Waals surface area contributed by atoms with E-state index in [0.29, 0.717) is 31.2 Å². The van der Waals surface area contributed by atoms with Crippen LogP contribution in [0.4, 0.5) is 14.5 Å². The van der Waals surface area contributed by atoms with E-state index in [4.69, 9.17) is 4.74 Å². The molecule has 1 fully saturated rings. The van der Waals surface area contributed by atoms with E-state index in [1.807, 2.05) is 6.92 Å². The minimum atomic E-state index is -2.85. The Morgan fingerprint density at radius 3 is 2.48 bits per heavy atom. The van der Waals surface area contributed by atoms with Crippen LogP contribution in [0.25, 0.3) is 0 Å². The standard InChI is InChI=1S/C22H28F2N4O2.HI/c1-2-25-22(27-16-18-5-3-4-6-20(18)30-21(23)24)26-15-17-7-9-19(10-8-17)28-11-13-29-14-12-28;/h3-10,21H,2,11-16H2,1H3,(H2,25,26,27);1H. The summed E-state index contributed by atoms with van der Waals surface area (Å²) in [5.74, 6) is 0.774. The van der Waals surface area contributed by atoms with Crippen LogP contribution in [0.2, 0.25) is 0 Å². The van der Waals surface area contributed by atoms with Crippen molar-refractivity contribution in [2.45, 2.75) is 26.6 Å². The number of rotatable bonds is 8. The highest BCUT2D eigenvalue weighted by Gasteiger charge is 2.11. The molecule has 0 amide bonds. The third-order valence-electron chi connectivity index (χ3n) is 4.71. The Labute approximate surface area is 199 Å². The van der Waals surface area contributed by atoms with Gasteiger partial charge in [-0.25, -0.2) is 4.99 Å². The predicted molar refractivity (Wildman–Crippen MR) is 130 cm³/mol. The van der Waals surface area contributed by atoms with E-state index in [9.17, 15) is 8.78 Å². The average molecular weight is 546 g/mol. The van der Waals surface area contributed by atoms with E-state index in [1.54, 1.807) is 18.2 Å². The number of hydrogen-bond donors (Lipinski definition) is 2. The smallest absolute Gasteiger partial charge is 0.387 e. The van der Waals surface area contributed by atoms with Gasteiger partial charge < -0.3 is 25.0 Å². The number of halogens is 3. The van der Waals surface area contributed by atoms with Gasteiger partial charge in [0.1, 0.15) is 5.75 Å². The molecule has 0 radical (unpaired) electrons. The Balaban J connectivity index is 0.00000341. The fourth-order valence-corrected chi connectivity index (χ4v) is 3.19. The molecule has 2 aromatic rings. The van der Waals surface area contributed by atoms with Gasteiger partial charge in [-0.1, -0.05) is 30.3 Å². The van der Waals surface area contributed by atoms with Crippen molar-refractivity contribution in [1.29, 1.82) is 0 Å². The molecule has 0 aromatic heterocycles. The summed E-state index contributed by atoms with van der Waals surface area (Å²) in [7, 11) is 0. The Bertz CT molecular complexity index is 815. The first-order valence-corrected chi connectivity index (χ1v) is 10.1. The van der Waals surface area contributed by atoms with Crippen LogP contribution in [-0.2, 0) is 17.8 Å². The lowest BCUT2D eigenvalue weighted by molar-refractivity contribution is -0.0504. The molecule has 1 heterocycles. The minimum absolute atomic E-state index is 0. The van der Waals surface area contributed by atoms with Crippen LogP contribution in [0.15, 0.2) is 53.5 Å². The van der Waals surface area contributed by atoms with Crippen LogP contribution in [0.3, 0.4) is 0 Å². The van der Waals surface area contributed by atoms with Crippen LogP contribution < -0.4 is 20.3 Å². The van der Waals surface area contributed by atoms with Gasteiger partial charge in [0, 0.05) is 37.4 Å². The van der Waals surface area contributed by atoms with Crippen LogP contribution in [0.1, 0.15) is 18.1 Å². The first kappa shape index (κ1) is 25.1. The van der Waals surface area contributed by atoms with Crippen molar-refractivity contribution in [3.8, 4) is 5.75 Å². The van der Waals surface area contributed by atoms with Gasteiger partial charge in [-0.15, -0.1) is 24.0 Å². The predicted octanol–water partition coefficient (Wildman–Crippen LogP) is 4.00. The third kappa shape index (κ3) is 8.13. The van der Waals surface area contributed by atoms with Crippen LogP contribution in [0.5, 0.6) is 5.75 Å². The maximum Gasteiger partial charge on any atom is 0.387 e. The van der Waals surface area contributed by atoms with Gasteiger partial charge in [-0.3, -0.25) is 0 Å². The summed E-state index contributed by atoms with van der Waals surface area (Å²) in [6, 6.07) is 15.1. The summed E-state index contributed by atoms with van der Waals surface area (Å²) in [6.07, 6.45) is 0. The number of nitrogens with one attached hydrogen (secondary N) is 2. The monoisotopic (exact) mass is 546 g/mol. The van der Waals surface area contributed by atoms with Gasteiger partial charge >= 0.3 is 6.61 Å². The largest absolute Gasteiger partial charge is 0.434 e. The summed E-state index contributed by atoms with van der Waals surface area (Å²) in [4.78, 5) is 6.91. The number of morpholine rings is 1. The maximum absolute atomic E-state index is 12.6. The number of nitrogens with zero attached hydrogens (tertiary/aromatic N) is 2. The molecule has 0 spiro atoms. The van der Waals surface area contributed by atoms with Crippen LogP contribution in [-0.4, -0.2) is 45.4 Å². The molecule has 170 valence electrons. The fourth-order valence-electron chi connectivity index (χ4n) is 3.19. The molecule has 2 N–H and O–H groups in total. The highest BCUT2D eigenvalue weighted by atomic mass is 127. The van der Waals surface area contributed by atoms with Crippen molar-refractivity contribution >= 4 is 35.6 Å². The zero-order chi connectivity index (χ0) is 21.2. The van der Waals surface area contributed by atoms with Gasteiger partial charge in [0.25, 0.3) is 0 Å². The Morgan fingerprint density at radius 1 is 1.10 bits per heavy atom. The zero-order valence-corrected chi connectivity index (χ0v) is 19.9. The number of guanidine groups is 1. The van der Waals surface area contributed by atoms with Crippen molar-refractivity contribution in [2.24, 2.45) is 4.99 Å². The summed E-state index contributed by atoms with van der Waals surface area (Å²) in [5.41, 5.74) is 2.91. The number of anilines is 1. The molecule has 9 heteroatoms. The highest BCUT2D eigenvalue weighted by molar-refractivity contribution is 14.0. The molecular formula is C22H29F2IN4O2. The van der Waals surface area contributed by atoms with E-state index >= 15 is 0 Å². The minimum Gasteiger partial charge on any atom is -0.434 e. The second-order valence-corrected chi connectivity index (χ2v) is 6.80. The quantitative estimate of drug-likeness (QED) is 0.298. The van der Waals surface area contributed by atoms with E-state index in [0.717, 1.165) is 31.9 Å². The van der Waals surface area contributed by atoms with Crippen molar-refractivity contribution in [2.75, 3.05) is 37.7 Å². The molecule has 1 aliphatic heterocycles. The SMILES string of the molecule is CCNC(=NCc1ccc(N2CCOCC2)cc1)NCc1ccccc1OC(F)F.I. The first-order valence-electron chi connectivity index (χ1n) is 10.1. The van der Waals surface area contributed by atoms with Gasteiger partial charge in [0.2, 0.25) is 0 Å². The van der Waals surface area contributed by atoms with E-state index in [-0.39, 0.29) is 29.7 Å². The van der Waals surface area contributed by atoms with Gasteiger partial charge in [-0.05, 0) is 30.7 Å². The number of ether oxygens (including phenoxy) is 2. The number of aliphatic imine (C=N–C) groups is 1. The van der Waals surface area contributed by atoms with Gasteiger partial charge in [0.05, 0.1) is 19.8 Å². The lowest BCUT2D eigenvalue weighted by Gasteiger charge is -2.28. The van der Waals surface area contributed by atoms with E-state index in [2.05, 4.69) is 49.5 Å². The Morgan fingerprint density at radius 2 is 1.81 bits per heavy atom. The highest BCUT2D eigenvalue weighted by Crippen LogP contribution is 2.20. The van der Waals surface area contributed by atoms with Crippen molar-refractivity contribution in [3.05, 3.63) is 59.7 Å². The van der Waals surface area contributed by atoms with Crippen molar-refractivity contribution in [1.82, 2.24) is 10.6 Å². The molecule has 0 saturated carbocycles. The molecular weight excluding hydrogens is 517 g/mol. The van der Waals surface area contributed by atoms with E-state index in [1.165, 1.54) is 11.8 Å². The summed E-state index contributed by atoms with van der Waals surface area (Å²) in [5, 5.41) is 6.35. The maximum atomic E-state index is 12.6. The lowest BCUT2D eigenvalue weighted by atomic mass is 10.2. The molecule has 6 nitrogen and oxygen atoms in total. The molecule has 0 bridgehead atoms. The molecule has 0 atom stereocenters. The Kier molecular flexibility index (Phi) is 10.8. The number of benzene rings is 2. The summed E-state index contributed by atoms with van der Waals surface area (Å²) in [6.45, 7) is 3.97. The van der Waals surface area contributed by atoms with Crippen LogP contribution >= 0.6 is 24.0 Å². The number of alkyl halides is 2. The molecule has 1 saturated heterocycles. The summed E-state index contributed by atoms with van der Waals surface area (Å²) < 4.78 is 35.2. The number of hydrogen-bond acceptors (Lipinski definition) is 4. The molecule has 31 heavy (non-hydrogen) atoms. The lowest BCUT2D eigenvalue weighted by Crippen LogP contribution is -2.37. The summed E-state index contributed by atoms with van der Waals surface area (Å²) >= 11 is 0. The molecule has 2 aromatic carbocycles. The first-order chi connectivity index (χ1) is 14.7. The van der Waals surface area contributed by atoms with Gasteiger partial charge in [0.15, 0.2) is 5.96 Å². The normalized spacial score (nSPS) is 14.2. The van der Waals surface area contributed by atoms with Crippen molar-refractivity contribution in [3.63, 3.8) is 0 Å². The van der Waals surface area contributed by atoms with Crippen molar-refractivity contribution < 1.29 is 18.3 Å². The second kappa shape index (κ2) is 13.3. The van der Waals surface area contributed by atoms with E-state index < -0.39 is 6.61 Å². The zero-order valence-electron chi connectivity index (χ0n) is 17.5.